The molecule has 0 bridgehead atoms. The van der Waals surface area contributed by atoms with Crippen LogP contribution in [0.1, 0.15) is 5.56 Å². The van der Waals surface area contributed by atoms with Gasteiger partial charge < -0.3 is 19.6 Å². The predicted molar refractivity (Wildman–Crippen MR) is 93.7 cm³/mol. The summed E-state index contributed by atoms with van der Waals surface area (Å²) in [7, 11) is 1.31. The Morgan fingerprint density at radius 2 is 1.92 bits per heavy atom. The van der Waals surface area contributed by atoms with E-state index in [9.17, 15) is 14.7 Å². The van der Waals surface area contributed by atoms with E-state index in [1.54, 1.807) is 42.5 Å². The number of methoxy groups -OCH3 is 1. The summed E-state index contributed by atoms with van der Waals surface area (Å²) in [5.74, 6) is -0.302. The first-order valence-corrected chi connectivity index (χ1v) is 7.72. The van der Waals surface area contributed by atoms with Gasteiger partial charge in [0.15, 0.2) is 0 Å². The van der Waals surface area contributed by atoms with Gasteiger partial charge in [0, 0.05) is 17.9 Å². The molecule has 128 valence electrons. The standard InChI is InChI=1S/C19H17NO5/c1-24-19(23)16(10-12-6-8-13(21)9-7-12)20-15-11-18(22)25-17-5-3-2-4-14(15)17/h2-9,11,16,20-21H,10H2,1H3/t16-/m0/s1. The van der Waals surface area contributed by atoms with Crippen molar-refractivity contribution < 1.29 is 19.1 Å². The second-order valence-electron chi connectivity index (χ2n) is 5.57. The average Bonchev–Trinajstić information content (AvgIpc) is 2.62. The van der Waals surface area contributed by atoms with Crippen molar-refractivity contribution in [2.24, 2.45) is 0 Å². The second-order valence-corrected chi connectivity index (χ2v) is 5.57. The molecule has 25 heavy (non-hydrogen) atoms. The Morgan fingerprint density at radius 1 is 1.20 bits per heavy atom. The Balaban J connectivity index is 1.94. The number of esters is 1. The summed E-state index contributed by atoms with van der Waals surface area (Å²) in [6.45, 7) is 0. The van der Waals surface area contributed by atoms with Crippen LogP contribution in [0, 0.1) is 0 Å². The van der Waals surface area contributed by atoms with E-state index in [2.05, 4.69) is 5.32 Å². The summed E-state index contributed by atoms with van der Waals surface area (Å²) in [4.78, 5) is 23.9. The van der Waals surface area contributed by atoms with Gasteiger partial charge in [0.25, 0.3) is 0 Å². The number of carbonyl (C=O) groups excluding carboxylic acids is 1. The van der Waals surface area contributed by atoms with Crippen molar-refractivity contribution in [2.75, 3.05) is 12.4 Å². The molecule has 0 fully saturated rings. The third-order valence-electron chi connectivity index (χ3n) is 3.84. The van der Waals surface area contributed by atoms with Gasteiger partial charge in [0.1, 0.15) is 17.4 Å². The number of para-hydroxylation sites is 1. The molecule has 0 saturated carbocycles. The molecule has 0 spiro atoms. The van der Waals surface area contributed by atoms with Gasteiger partial charge in [-0.1, -0.05) is 24.3 Å². The summed E-state index contributed by atoms with van der Waals surface area (Å²) < 4.78 is 10.0. The minimum absolute atomic E-state index is 0.151. The number of hydrogen-bond donors (Lipinski definition) is 2. The zero-order chi connectivity index (χ0) is 17.8. The van der Waals surface area contributed by atoms with E-state index < -0.39 is 17.6 Å². The van der Waals surface area contributed by atoms with Gasteiger partial charge in [-0.05, 0) is 29.8 Å². The molecule has 2 N–H and O–H groups in total. The SMILES string of the molecule is COC(=O)[C@H](Cc1ccc(O)cc1)Nc1cc(=O)oc2ccccc12. The number of anilines is 1. The van der Waals surface area contributed by atoms with Crippen LogP contribution in [0.5, 0.6) is 5.75 Å². The molecule has 0 unspecified atom stereocenters. The summed E-state index contributed by atoms with van der Waals surface area (Å²) >= 11 is 0. The van der Waals surface area contributed by atoms with E-state index in [1.807, 2.05) is 6.07 Å². The lowest BCUT2D eigenvalue weighted by Crippen LogP contribution is -2.33. The summed E-state index contributed by atoms with van der Waals surface area (Å²) in [5.41, 5.74) is 1.27. The fourth-order valence-corrected chi connectivity index (χ4v) is 2.62. The zero-order valence-electron chi connectivity index (χ0n) is 13.6. The molecule has 0 aliphatic heterocycles. The number of benzene rings is 2. The van der Waals surface area contributed by atoms with E-state index in [0.717, 1.165) is 5.56 Å². The van der Waals surface area contributed by atoms with Crippen LogP contribution in [0.15, 0.2) is 63.8 Å². The van der Waals surface area contributed by atoms with Crippen molar-refractivity contribution in [2.45, 2.75) is 12.5 Å². The summed E-state index contributed by atoms with van der Waals surface area (Å²) in [6, 6.07) is 14.3. The highest BCUT2D eigenvalue weighted by atomic mass is 16.5. The molecule has 0 amide bonds. The molecule has 6 heteroatoms. The Labute approximate surface area is 143 Å². The smallest absolute Gasteiger partial charge is 0.338 e. The van der Waals surface area contributed by atoms with E-state index in [4.69, 9.17) is 9.15 Å². The fourth-order valence-electron chi connectivity index (χ4n) is 2.62. The second kappa shape index (κ2) is 7.09. The Bertz CT molecular complexity index is 946. The number of fused-ring (bicyclic) bond motifs is 1. The number of phenols is 1. The first kappa shape index (κ1) is 16.6. The minimum Gasteiger partial charge on any atom is -0.508 e. The van der Waals surface area contributed by atoms with Crippen molar-refractivity contribution in [3.05, 3.63) is 70.6 Å². The van der Waals surface area contributed by atoms with E-state index in [0.29, 0.717) is 23.1 Å². The van der Waals surface area contributed by atoms with Crippen molar-refractivity contribution in [3.63, 3.8) is 0 Å². The largest absolute Gasteiger partial charge is 0.508 e. The highest BCUT2D eigenvalue weighted by Gasteiger charge is 2.21. The van der Waals surface area contributed by atoms with Crippen LogP contribution in [-0.4, -0.2) is 24.2 Å². The van der Waals surface area contributed by atoms with Crippen LogP contribution in [0.25, 0.3) is 11.0 Å². The Hall–Kier alpha value is -3.28. The molecule has 3 rings (SSSR count). The third kappa shape index (κ3) is 3.80. The fraction of sp³-hybridized carbons (Fsp3) is 0.158. The first-order valence-electron chi connectivity index (χ1n) is 7.72. The summed E-state index contributed by atoms with van der Waals surface area (Å²) in [5, 5.41) is 13.2. The van der Waals surface area contributed by atoms with Crippen molar-refractivity contribution in [3.8, 4) is 5.75 Å². The lowest BCUT2D eigenvalue weighted by molar-refractivity contribution is -0.141. The monoisotopic (exact) mass is 339 g/mol. The molecule has 1 atom stereocenters. The minimum atomic E-state index is -0.695. The number of ether oxygens (including phenoxy) is 1. The van der Waals surface area contributed by atoms with E-state index in [1.165, 1.54) is 13.2 Å². The van der Waals surface area contributed by atoms with Gasteiger partial charge in [0.05, 0.1) is 12.8 Å². The molecule has 0 saturated heterocycles. The highest BCUT2D eigenvalue weighted by Crippen LogP contribution is 2.23. The number of nitrogens with one attached hydrogen (secondary N) is 1. The third-order valence-corrected chi connectivity index (χ3v) is 3.84. The molecule has 1 heterocycles. The average molecular weight is 339 g/mol. The Kier molecular flexibility index (Phi) is 4.70. The van der Waals surface area contributed by atoms with Crippen LogP contribution in [0.3, 0.4) is 0 Å². The van der Waals surface area contributed by atoms with E-state index in [-0.39, 0.29) is 5.75 Å². The van der Waals surface area contributed by atoms with Crippen LogP contribution in [-0.2, 0) is 16.0 Å². The van der Waals surface area contributed by atoms with E-state index >= 15 is 0 Å². The quantitative estimate of drug-likeness (QED) is 0.549. The predicted octanol–water partition coefficient (Wildman–Crippen LogP) is 2.69. The molecule has 0 aliphatic rings. The van der Waals surface area contributed by atoms with Gasteiger partial charge in [0.2, 0.25) is 0 Å². The van der Waals surface area contributed by atoms with Crippen LogP contribution < -0.4 is 10.9 Å². The maximum Gasteiger partial charge on any atom is 0.338 e. The number of carbonyl (C=O) groups is 1. The van der Waals surface area contributed by atoms with Gasteiger partial charge in [-0.15, -0.1) is 0 Å². The lowest BCUT2D eigenvalue weighted by atomic mass is 10.0. The lowest BCUT2D eigenvalue weighted by Gasteiger charge is -2.18. The molecule has 2 aromatic carbocycles. The Morgan fingerprint density at radius 3 is 2.64 bits per heavy atom. The number of hydrogen-bond acceptors (Lipinski definition) is 6. The molecule has 6 nitrogen and oxygen atoms in total. The van der Waals surface area contributed by atoms with Gasteiger partial charge >= 0.3 is 11.6 Å². The molecular weight excluding hydrogens is 322 g/mol. The molecular formula is C19H17NO5. The highest BCUT2D eigenvalue weighted by molar-refractivity contribution is 5.91. The zero-order valence-corrected chi connectivity index (χ0v) is 13.6. The van der Waals surface area contributed by atoms with Gasteiger partial charge in [-0.2, -0.15) is 0 Å². The van der Waals surface area contributed by atoms with Crippen LogP contribution in [0.4, 0.5) is 5.69 Å². The van der Waals surface area contributed by atoms with Crippen LogP contribution in [0.2, 0.25) is 0 Å². The molecule has 0 aliphatic carbocycles. The summed E-state index contributed by atoms with van der Waals surface area (Å²) in [6.07, 6.45) is 0.335. The molecule has 3 aromatic rings. The van der Waals surface area contributed by atoms with Crippen molar-refractivity contribution in [1.29, 1.82) is 0 Å². The number of aromatic hydroxyl groups is 1. The van der Waals surface area contributed by atoms with Gasteiger partial charge in [-0.3, -0.25) is 0 Å². The van der Waals surface area contributed by atoms with Gasteiger partial charge in [-0.25, -0.2) is 9.59 Å². The van der Waals surface area contributed by atoms with Crippen molar-refractivity contribution in [1.82, 2.24) is 0 Å². The topological polar surface area (TPSA) is 88.8 Å². The molecule has 1 aromatic heterocycles. The normalized spacial score (nSPS) is 11.9. The molecule has 0 radical (unpaired) electrons. The van der Waals surface area contributed by atoms with Crippen LogP contribution >= 0.6 is 0 Å². The maximum atomic E-state index is 12.2. The number of phenolic OH excluding ortho intramolecular Hbond substituents is 1. The maximum absolute atomic E-state index is 12.2. The number of rotatable bonds is 5. The first-order chi connectivity index (χ1) is 12.1. The van der Waals surface area contributed by atoms with Crippen molar-refractivity contribution >= 4 is 22.6 Å².